The van der Waals surface area contributed by atoms with Gasteiger partial charge in [-0.25, -0.2) is 4.79 Å². The summed E-state index contributed by atoms with van der Waals surface area (Å²) in [6.45, 7) is 7.37. The normalized spacial score (nSPS) is 19.3. The van der Waals surface area contributed by atoms with Crippen LogP contribution in [0, 0.1) is 5.92 Å². The van der Waals surface area contributed by atoms with Gasteiger partial charge in [0.1, 0.15) is 0 Å². The van der Waals surface area contributed by atoms with E-state index in [2.05, 4.69) is 36.0 Å². The molecule has 2 amide bonds. The van der Waals surface area contributed by atoms with Crippen LogP contribution in [0.25, 0.3) is 0 Å². The van der Waals surface area contributed by atoms with E-state index in [4.69, 9.17) is 0 Å². The van der Waals surface area contributed by atoms with Crippen LogP contribution in [0.2, 0.25) is 0 Å². The van der Waals surface area contributed by atoms with Gasteiger partial charge in [0.2, 0.25) is 0 Å². The predicted molar refractivity (Wildman–Crippen MR) is 96.7 cm³/mol. The van der Waals surface area contributed by atoms with Crippen molar-refractivity contribution in [1.82, 2.24) is 15.1 Å². The van der Waals surface area contributed by atoms with Gasteiger partial charge in [-0.15, -0.1) is 0 Å². The molecule has 0 bridgehead atoms. The van der Waals surface area contributed by atoms with Gasteiger partial charge >= 0.3 is 6.03 Å². The fourth-order valence-electron chi connectivity index (χ4n) is 3.47. The number of unbranched alkanes of at least 4 members (excludes halogenated alkanes) is 1. The van der Waals surface area contributed by atoms with Gasteiger partial charge < -0.3 is 15.1 Å². The van der Waals surface area contributed by atoms with E-state index in [0.29, 0.717) is 12.1 Å². The topological polar surface area (TPSA) is 35.6 Å². The number of carbonyl (C=O) groups is 1. The number of nitrogens with zero attached hydrogens (tertiary/aromatic N) is 2. The lowest BCUT2D eigenvalue weighted by Crippen LogP contribution is -2.44. The first-order valence-corrected chi connectivity index (χ1v) is 9.82. The quantitative estimate of drug-likeness (QED) is 0.654. The van der Waals surface area contributed by atoms with Crippen molar-refractivity contribution in [2.75, 3.05) is 26.7 Å². The molecule has 0 radical (unpaired) electrons. The molecule has 4 heteroatoms. The summed E-state index contributed by atoms with van der Waals surface area (Å²) in [5.74, 6) is 0.745. The van der Waals surface area contributed by atoms with Crippen LogP contribution in [0.1, 0.15) is 71.6 Å². The molecule has 2 fully saturated rings. The number of hydrogen-bond donors (Lipinski definition) is 1. The molecule has 134 valence electrons. The van der Waals surface area contributed by atoms with Gasteiger partial charge in [-0.05, 0) is 71.9 Å². The van der Waals surface area contributed by atoms with Crippen LogP contribution >= 0.6 is 0 Å². The molecule has 0 aliphatic heterocycles. The first-order valence-electron chi connectivity index (χ1n) is 9.82. The van der Waals surface area contributed by atoms with E-state index in [1.807, 2.05) is 0 Å². The molecular weight excluding hydrogens is 286 g/mol. The van der Waals surface area contributed by atoms with Crippen molar-refractivity contribution in [3.8, 4) is 0 Å². The van der Waals surface area contributed by atoms with Crippen molar-refractivity contribution in [2.45, 2.75) is 83.7 Å². The Kier molecular flexibility index (Phi) is 7.68. The summed E-state index contributed by atoms with van der Waals surface area (Å²) in [7, 11) is 2.17. The molecule has 4 nitrogen and oxygen atoms in total. The first-order chi connectivity index (χ1) is 11.1. The molecular formula is C19H37N3O. The molecule has 0 heterocycles. The molecule has 0 unspecified atom stereocenters. The lowest BCUT2D eigenvalue weighted by Gasteiger charge is -2.30. The summed E-state index contributed by atoms with van der Waals surface area (Å²) in [6.07, 6.45) is 11.4. The van der Waals surface area contributed by atoms with Gasteiger partial charge in [0.15, 0.2) is 0 Å². The summed E-state index contributed by atoms with van der Waals surface area (Å²) in [4.78, 5) is 17.0. The molecule has 0 saturated heterocycles. The maximum absolute atomic E-state index is 12.5. The summed E-state index contributed by atoms with van der Waals surface area (Å²) in [5, 5.41) is 3.17. The van der Waals surface area contributed by atoms with Gasteiger partial charge in [-0.3, -0.25) is 0 Å². The molecule has 2 aliphatic carbocycles. The van der Waals surface area contributed by atoms with Gasteiger partial charge in [0, 0.05) is 25.2 Å². The number of nitrogens with one attached hydrogen (secondary N) is 1. The third-order valence-electron chi connectivity index (χ3n) is 5.52. The van der Waals surface area contributed by atoms with E-state index in [1.165, 1.54) is 44.9 Å². The lowest BCUT2D eigenvalue weighted by molar-refractivity contribution is 0.174. The second-order valence-electron chi connectivity index (χ2n) is 7.90. The summed E-state index contributed by atoms with van der Waals surface area (Å²) in [6, 6.07) is 1.32. The fraction of sp³-hybridized carbons (Fsp3) is 0.947. The number of urea groups is 1. The van der Waals surface area contributed by atoms with E-state index >= 15 is 0 Å². The summed E-state index contributed by atoms with van der Waals surface area (Å²) in [5.41, 5.74) is 0. The van der Waals surface area contributed by atoms with Crippen LogP contribution in [0.4, 0.5) is 4.79 Å². The molecule has 23 heavy (non-hydrogen) atoms. The fourth-order valence-corrected chi connectivity index (χ4v) is 3.47. The van der Waals surface area contributed by atoms with Gasteiger partial charge in [-0.2, -0.15) is 0 Å². The van der Waals surface area contributed by atoms with Crippen LogP contribution in [0.3, 0.4) is 0 Å². The average molecular weight is 324 g/mol. The lowest BCUT2D eigenvalue weighted by atomic mass is 9.89. The van der Waals surface area contributed by atoms with E-state index in [0.717, 1.165) is 38.4 Å². The maximum atomic E-state index is 12.5. The minimum Gasteiger partial charge on any atom is -0.338 e. The van der Waals surface area contributed by atoms with Crippen molar-refractivity contribution in [1.29, 1.82) is 0 Å². The highest BCUT2D eigenvalue weighted by Crippen LogP contribution is 2.31. The zero-order valence-electron chi connectivity index (χ0n) is 15.5. The first kappa shape index (κ1) is 18.6. The molecule has 0 atom stereocenters. The van der Waals surface area contributed by atoms with E-state index in [-0.39, 0.29) is 6.03 Å². The number of rotatable bonds is 9. The summed E-state index contributed by atoms with van der Waals surface area (Å²) < 4.78 is 0. The van der Waals surface area contributed by atoms with Crippen molar-refractivity contribution < 1.29 is 4.79 Å². The molecule has 2 rings (SSSR count). The van der Waals surface area contributed by atoms with Crippen LogP contribution in [0.5, 0.6) is 0 Å². The Hall–Kier alpha value is -0.770. The van der Waals surface area contributed by atoms with E-state index in [1.54, 1.807) is 0 Å². The third-order valence-corrected chi connectivity index (χ3v) is 5.52. The molecule has 0 aromatic heterocycles. The molecule has 2 saturated carbocycles. The monoisotopic (exact) mass is 323 g/mol. The molecule has 0 aromatic rings. The third kappa shape index (κ3) is 6.70. The highest BCUT2D eigenvalue weighted by Gasteiger charge is 2.34. The highest BCUT2D eigenvalue weighted by atomic mass is 16.2. The van der Waals surface area contributed by atoms with Crippen LogP contribution in [-0.2, 0) is 0 Å². The Labute approximate surface area is 143 Å². The zero-order chi connectivity index (χ0) is 16.7. The Morgan fingerprint density at radius 2 is 1.78 bits per heavy atom. The van der Waals surface area contributed by atoms with Gasteiger partial charge in [-0.1, -0.05) is 19.3 Å². The Morgan fingerprint density at radius 1 is 1.09 bits per heavy atom. The van der Waals surface area contributed by atoms with Gasteiger partial charge in [0.05, 0.1) is 0 Å². The van der Waals surface area contributed by atoms with Gasteiger partial charge in [0.25, 0.3) is 0 Å². The van der Waals surface area contributed by atoms with Crippen molar-refractivity contribution >= 4 is 6.03 Å². The van der Waals surface area contributed by atoms with Crippen LogP contribution in [-0.4, -0.2) is 54.6 Å². The maximum Gasteiger partial charge on any atom is 0.317 e. The largest absolute Gasteiger partial charge is 0.338 e. The smallest absolute Gasteiger partial charge is 0.317 e. The minimum atomic E-state index is 0.190. The minimum absolute atomic E-state index is 0.190. The van der Waals surface area contributed by atoms with Crippen LogP contribution in [0.15, 0.2) is 0 Å². The Balaban J connectivity index is 1.63. The number of amides is 2. The summed E-state index contributed by atoms with van der Waals surface area (Å²) >= 11 is 0. The molecule has 0 aromatic carbocycles. The SMILES string of the molecule is CC(C)N(C)CCCCNC(=O)N(CC1CCCCC1)C1CC1. The molecule has 2 aliphatic rings. The Bertz CT molecular complexity index is 349. The highest BCUT2D eigenvalue weighted by molar-refractivity contribution is 5.74. The van der Waals surface area contributed by atoms with Crippen molar-refractivity contribution in [3.05, 3.63) is 0 Å². The standard InChI is InChI=1S/C19H37N3O/c1-16(2)21(3)14-8-7-13-20-19(23)22(18-11-12-18)15-17-9-5-4-6-10-17/h16-18H,4-15H2,1-3H3,(H,20,23). The second-order valence-corrected chi connectivity index (χ2v) is 7.90. The van der Waals surface area contributed by atoms with Crippen molar-refractivity contribution in [3.63, 3.8) is 0 Å². The Morgan fingerprint density at radius 3 is 2.39 bits per heavy atom. The predicted octanol–water partition coefficient (Wildman–Crippen LogP) is 3.86. The van der Waals surface area contributed by atoms with E-state index < -0.39 is 0 Å². The number of hydrogen-bond acceptors (Lipinski definition) is 2. The molecule has 1 N–H and O–H groups in total. The average Bonchev–Trinajstić information content (AvgIpc) is 3.37. The zero-order valence-corrected chi connectivity index (χ0v) is 15.5. The van der Waals surface area contributed by atoms with E-state index in [9.17, 15) is 4.79 Å². The van der Waals surface area contributed by atoms with Crippen LogP contribution < -0.4 is 5.32 Å². The second kappa shape index (κ2) is 9.51. The van der Waals surface area contributed by atoms with Crippen molar-refractivity contribution in [2.24, 2.45) is 5.92 Å². The number of carbonyl (C=O) groups excluding carboxylic acids is 1. The molecule has 0 spiro atoms.